The Kier molecular flexibility index (Phi) is 16.3. The zero-order valence-electron chi connectivity index (χ0n) is 6.69. The van der Waals surface area contributed by atoms with Crippen LogP contribution >= 0.6 is 35.9 Å². The third kappa shape index (κ3) is 15.9. The van der Waals surface area contributed by atoms with Crippen LogP contribution in [-0.2, 0) is 50.0 Å². The van der Waals surface area contributed by atoms with Gasteiger partial charge in [-0.05, 0) is 9.13 Å². The molecule has 0 aliphatic heterocycles. The first kappa shape index (κ1) is 20.8. The molecule has 14 heavy (non-hydrogen) atoms. The van der Waals surface area contributed by atoms with Crippen molar-refractivity contribution in [3.8, 4) is 0 Å². The Morgan fingerprint density at radius 3 is 1.50 bits per heavy atom. The summed E-state index contributed by atoms with van der Waals surface area (Å²) in [5, 5.41) is 0. The molecule has 13 heteroatoms. The zero-order valence-corrected chi connectivity index (χ0v) is 15.6. The van der Waals surface area contributed by atoms with Gasteiger partial charge in [0.2, 0.25) is 0 Å². The van der Waals surface area contributed by atoms with E-state index in [9.17, 15) is 28.4 Å². The molecule has 0 aromatic carbocycles. The third-order valence-corrected chi connectivity index (χ3v) is 3.00. The molecule has 0 saturated carbocycles. The van der Waals surface area contributed by atoms with Gasteiger partial charge in [0.1, 0.15) is 0 Å². The first-order valence-corrected chi connectivity index (χ1v) is 6.61. The Hall–Kier alpha value is 1.46. The van der Waals surface area contributed by atoms with Gasteiger partial charge in [0, 0.05) is 34.1 Å². The van der Waals surface area contributed by atoms with E-state index < -0.39 is 24.3 Å². The molecular weight excluding hydrogens is 469 g/mol. The van der Waals surface area contributed by atoms with E-state index in [0.717, 1.165) is 0 Å². The van der Waals surface area contributed by atoms with Crippen LogP contribution in [0.5, 0.6) is 0 Å². The minimum atomic E-state index is -5.25. The van der Waals surface area contributed by atoms with E-state index in [1.165, 1.54) is 6.38 Å². The molecule has 2 atom stereocenters. The second-order valence-electron chi connectivity index (χ2n) is 1.06. The van der Waals surface area contributed by atoms with Crippen LogP contribution in [0.15, 0.2) is 0 Å². The van der Waals surface area contributed by atoms with Crippen LogP contribution in [0.2, 0.25) is 0 Å². The standard InChI is InChI=1S/CH3Cl.Hg.HO8P3/c1-2;;1-9(2)7-11(5,6)8-10(3)4/h1H3;;(H,5,6)/p-1. The van der Waals surface area contributed by atoms with Crippen molar-refractivity contribution in [2.24, 2.45) is 0 Å². The Morgan fingerprint density at radius 1 is 1.14 bits per heavy atom. The van der Waals surface area contributed by atoms with Gasteiger partial charge in [-0.2, -0.15) is 0 Å². The number of hydrogen-bond donors (Lipinski definition) is 0. The fraction of sp³-hybridized carbons (Fsp3) is 1.00. The van der Waals surface area contributed by atoms with Crippen LogP contribution in [0, 0.1) is 0 Å². The van der Waals surface area contributed by atoms with Crippen LogP contribution in [0.1, 0.15) is 0 Å². The topological polar surface area (TPSA) is 139 Å². The molecule has 0 rings (SSSR count). The summed E-state index contributed by atoms with van der Waals surface area (Å²) in [6, 6.07) is 0. The van der Waals surface area contributed by atoms with E-state index in [1.54, 1.807) is 0 Å². The Morgan fingerprint density at radius 2 is 1.36 bits per heavy atom. The molecule has 0 aliphatic carbocycles. The number of rotatable bonds is 4. The van der Waals surface area contributed by atoms with Gasteiger partial charge >= 0.3 is 24.3 Å². The summed E-state index contributed by atoms with van der Waals surface area (Å²) in [6.07, 6.45) is 1.47. The van der Waals surface area contributed by atoms with Gasteiger partial charge in [-0.3, -0.25) is 4.57 Å². The molecular formula is CH3ClHgO8P3-. The van der Waals surface area contributed by atoms with Gasteiger partial charge in [-0.25, -0.2) is 0 Å². The molecule has 80 valence electrons. The fourth-order valence-electron chi connectivity index (χ4n) is 0.178. The van der Waals surface area contributed by atoms with Gasteiger partial charge in [0.25, 0.3) is 0 Å². The third-order valence-electron chi connectivity index (χ3n) is 0.333. The number of phosphoric acid groups is 1. The Bertz CT molecular complexity index is 211. The van der Waals surface area contributed by atoms with Gasteiger partial charge in [0.15, 0.2) is 0 Å². The molecule has 0 N–H and O–H groups in total. The second kappa shape index (κ2) is 11.0. The maximum Gasteiger partial charge on any atom is 0.496 e. The molecule has 0 heterocycles. The summed E-state index contributed by atoms with van der Waals surface area (Å²) in [5.41, 5.74) is 0. The second-order valence-corrected chi connectivity index (χ2v) is 4.15. The summed E-state index contributed by atoms with van der Waals surface area (Å²) in [7, 11) is -12.6. The summed E-state index contributed by atoms with van der Waals surface area (Å²) in [6.45, 7) is 0. The normalized spacial score (nSPS) is 15.2. The van der Waals surface area contributed by atoms with E-state index in [2.05, 4.69) is 20.2 Å². The molecule has 0 aromatic rings. The average Bonchev–Trinajstić information content (AvgIpc) is 1.85. The van der Waals surface area contributed by atoms with Crippen LogP contribution in [-0.4, -0.2) is 6.38 Å². The fourth-order valence-corrected chi connectivity index (χ4v) is 1.87. The van der Waals surface area contributed by atoms with Crippen molar-refractivity contribution in [3.63, 3.8) is 0 Å². The first-order valence-electron chi connectivity index (χ1n) is 2.20. The van der Waals surface area contributed by atoms with E-state index >= 15 is 0 Å². The van der Waals surface area contributed by atoms with Crippen molar-refractivity contribution >= 4 is 35.9 Å². The van der Waals surface area contributed by atoms with Crippen molar-refractivity contribution in [1.82, 2.24) is 0 Å². The van der Waals surface area contributed by atoms with E-state index in [-0.39, 0.29) is 27.7 Å². The largest absolute Gasteiger partial charge is 0.750 e. The molecule has 0 aromatic heterocycles. The maximum atomic E-state index is 10.1. The molecule has 8 nitrogen and oxygen atoms in total. The molecule has 0 radical (unpaired) electrons. The number of hydrogen-bond acceptors (Lipinski definition) is 8. The Labute approximate surface area is 107 Å². The summed E-state index contributed by atoms with van der Waals surface area (Å²) < 4.78 is 35.4. The van der Waals surface area contributed by atoms with Gasteiger partial charge in [0.05, 0.1) is 0 Å². The minimum Gasteiger partial charge on any atom is -0.750 e. The molecule has 0 fully saturated rings. The summed E-state index contributed by atoms with van der Waals surface area (Å²) in [4.78, 5) is 29.2. The predicted octanol–water partition coefficient (Wildman–Crippen LogP) is -0.624. The van der Waals surface area contributed by atoms with Crippen molar-refractivity contribution in [2.45, 2.75) is 0 Å². The molecule has 0 spiro atoms. The molecule has 0 amide bonds. The maximum absolute atomic E-state index is 10.1. The molecule has 0 bridgehead atoms. The van der Waals surface area contributed by atoms with Crippen LogP contribution in [0.3, 0.4) is 0 Å². The average molecular weight is 472 g/mol. The smallest absolute Gasteiger partial charge is 0.496 e. The zero-order chi connectivity index (χ0) is 11.1. The molecule has 0 saturated heterocycles. The predicted molar refractivity (Wildman–Crippen MR) is 36.8 cm³/mol. The molecule has 0 aliphatic rings. The number of halogens is 1. The Balaban J connectivity index is -0.000000376. The summed E-state index contributed by atoms with van der Waals surface area (Å²) >= 11 is 4.64. The minimum absolute atomic E-state index is 0. The van der Waals surface area contributed by atoms with Crippen LogP contribution < -0.4 is 14.7 Å². The van der Waals surface area contributed by atoms with E-state index in [1.807, 2.05) is 0 Å². The van der Waals surface area contributed by atoms with E-state index in [4.69, 9.17) is 0 Å². The first-order chi connectivity index (χ1) is 5.83. The van der Waals surface area contributed by atoms with Crippen LogP contribution in [0.25, 0.3) is 0 Å². The quantitative estimate of drug-likeness (QED) is 0.300. The monoisotopic (exact) mass is 473 g/mol. The van der Waals surface area contributed by atoms with Gasteiger partial charge < -0.3 is 14.7 Å². The van der Waals surface area contributed by atoms with Crippen molar-refractivity contribution in [2.75, 3.05) is 6.38 Å². The van der Waals surface area contributed by atoms with E-state index in [0.29, 0.717) is 0 Å². The van der Waals surface area contributed by atoms with Crippen molar-refractivity contribution in [3.05, 3.63) is 0 Å². The number of alkyl halides is 1. The SMILES string of the molecule is CCl.O=[P+]([O-])OP(=O)([O-])O[P+](=O)[O-].[Hg]. The van der Waals surface area contributed by atoms with Crippen LogP contribution in [0.4, 0.5) is 0 Å². The van der Waals surface area contributed by atoms with Crippen molar-refractivity contribution < 1.29 is 64.7 Å². The van der Waals surface area contributed by atoms with Crippen molar-refractivity contribution in [1.29, 1.82) is 0 Å². The molecule has 2 unspecified atom stereocenters. The summed E-state index contributed by atoms with van der Waals surface area (Å²) in [5.74, 6) is 0. The van der Waals surface area contributed by atoms with Gasteiger partial charge in [-0.15, -0.1) is 11.6 Å². The van der Waals surface area contributed by atoms with Gasteiger partial charge in [-0.1, -0.05) is 8.62 Å².